The van der Waals surface area contributed by atoms with E-state index >= 15 is 0 Å². The first kappa shape index (κ1) is 58.0. The van der Waals surface area contributed by atoms with Crippen LogP contribution >= 0.6 is 22.7 Å². The van der Waals surface area contributed by atoms with Gasteiger partial charge < -0.3 is 14.7 Å². The lowest BCUT2D eigenvalue weighted by Gasteiger charge is -2.51. The predicted octanol–water partition coefficient (Wildman–Crippen LogP) is 19.0. The largest absolute Gasteiger partial charge is 0.334 e. The van der Waals surface area contributed by atoms with Crippen LogP contribution in [0.5, 0.6) is 0 Å². The van der Waals surface area contributed by atoms with Crippen LogP contribution in [0.2, 0.25) is 0 Å². The summed E-state index contributed by atoms with van der Waals surface area (Å²) in [6.45, 7) is 33.5. The molecule has 0 amide bonds. The van der Waals surface area contributed by atoms with Gasteiger partial charge in [-0.15, -0.1) is 22.7 Å². The fraction of sp³-hybridized carbons (Fsp3) is 0.293. The zero-order valence-corrected chi connectivity index (χ0v) is 57.5. The molecule has 0 saturated heterocycles. The molecular formula is C82H84BN3S2Si. The van der Waals surface area contributed by atoms with Crippen molar-refractivity contribution in [2.45, 2.75) is 155 Å². The van der Waals surface area contributed by atoms with Gasteiger partial charge in [0, 0.05) is 69.3 Å². The van der Waals surface area contributed by atoms with Crippen LogP contribution < -0.4 is 45.3 Å². The van der Waals surface area contributed by atoms with Crippen LogP contribution in [0.4, 0.5) is 45.5 Å². The standard InChI is InChI=1S/C82H84BN3S2Si/c1-77(2,3)53-31-37-57(38-32-53)84-67-49-59(86-66-42-41-61(51-65(66)81(13)45-23-24-46-82(81,86)14)89(60-27-19-16-20-28-60)71-30-22-21-29-62(71)52-25-17-15-18-26-52)50-68-72(67)83(75-73(84)63-47-55(79(7,8)9)35-43-69(63)87-75)76-74(64-48-56(80(10,11)12)36-44-70(64)88-76)85(68)58-39-33-54(34-40-58)78(4,5)6/h15-22,25-44,47-51,89H,23-24,45-46H2,1-14H3. The maximum atomic E-state index is 2.88. The summed E-state index contributed by atoms with van der Waals surface area (Å²) in [7, 11) is -2.05. The lowest BCUT2D eigenvalue weighted by molar-refractivity contribution is 0.195. The van der Waals surface area contributed by atoms with Crippen molar-refractivity contribution < 1.29 is 0 Å². The van der Waals surface area contributed by atoms with E-state index < -0.39 is 8.80 Å². The van der Waals surface area contributed by atoms with E-state index in [0.717, 1.165) is 12.8 Å². The second-order valence-corrected chi connectivity index (χ2v) is 35.9. The molecule has 9 aromatic carbocycles. The first-order valence-corrected chi connectivity index (χ1v) is 36.0. The van der Waals surface area contributed by atoms with Gasteiger partial charge in [-0.2, -0.15) is 0 Å². The number of hydrogen-bond donors (Lipinski definition) is 0. The van der Waals surface area contributed by atoms with Crippen LogP contribution in [-0.4, -0.2) is 21.0 Å². The number of thiophene rings is 2. The van der Waals surface area contributed by atoms with Gasteiger partial charge in [0.15, 0.2) is 0 Å². The second kappa shape index (κ2) is 20.6. The molecule has 3 unspecified atom stereocenters. The van der Waals surface area contributed by atoms with Crippen molar-refractivity contribution in [2.24, 2.45) is 0 Å². The SMILES string of the molecule is CC(C)(C)c1ccc(N2c3cc(N4c5ccc([SiH](c6ccccc6)c6ccccc6-c6ccccc6)cc5C5(C)CCCCC45C)cc4c3B(c3sc5ccc(C(C)(C)C)cc5c32)c2sc3ccc(C(C)(C)C)cc3c2N4c2ccc(C(C)(C)C)cc2)cc1. The summed E-state index contributed by atoms with van der Waals surface area (Å²) in [6, 6.07) is 79.2. The quantitative estimate of drug-likeness (QED) is 0.116. The van der Waals surface area contributed by atoms with Crippen LogP contribution in [0.15, 0.2) is 200 Å². The van der Waals surface area contributed by atoms with Gasteiger partial charge >= 0.3 is 0 Å². The highest BCUT2D eigenvalue weighted by Gasteiger charge is 2.59. The van der Waals surface area contributed by atoms with E-state index in [9.17, 15) is 0 Å². The minimum atomic E-state index is -2.05. The van der Waals surface area contributed by atoms with E-state index in [1.54, 1.807) is 0 Å². The summed E-state index contributed by atoms with van der Waals surface area (Å²) in [5, 5.41) is 7.07. The Hall–Kier alpha value is -7.42. The van der Waals surface area contributed by atoms with Crippen molar-refractivity contribution in [2.75, 3.05) is 14.7 Å². The summed E-state index contributed by atoms with van der Waals surface area (Å²) in [5.74, 6) is 0. The van der Waals surface area contributed by atoms with Gasteiger partial charge in [0.05, 0.1) is 16.9 Å². The summed E-state index contributed by atoms with van der Waals surface area (Å²) < 4.78 is 5.53. The average molecular weight is 1210 g/mol. The van der Waals surface area contributed by atoms with Crippen LogP contribution in [0.1, 0.15) is 150 Å². The number of nitrogens with zero attached hydrogens (tertiary/aromatic N) is 3. The zero-order chi connectivity index (χ0) is 61.9. The molecular weight excluding hydrogens is 1130 g/mol. The maximum Gasteiger partial charge on any atom is 0.277 e. The average Bonchev–Trinajstić information content (AvgIpc) is 1.59. The first-order valence-electron chi connectivity index (χ1n) is 32.7. The highest BCUT2D eigenvalue weighted by Crippen LogP contribution is 2.62. The Morgan fingerprint density at radius 1 is 0.427 bits per heavy atom. The maximum absolute atomic E-state index is 2.88. The molecule has 3 nitrogen and oxygen atoms in total. The molecule has 89 heavy (non-hydrogen) atoms. The molecule has 3 aliphatic heterocycles. The van der Waals surface area contributed by atoms with E-state index in [-0.39, 0.29) is 39.3 Å². The lowest BCUT2D eigenvalue weighted by Crippen LogP contribution is -2.59. The van der Waals surface area contributed by atoms with Gasteiger partial charge in [0.2, 0.25) is 0 Å². The number of hydrogen-bond acceptors (Lipinski definition) is 5. The normalized spacial score (nSPS) is 18.4. The Morgan fingerprint density at radius 2 is 0.899 bits per heavy atom. The van der Waals surface area contributed by atoms with Gasteiger partial charge in [-0.3, -0.25) is 0 Å². The molecule has 2 aromatic heterocycles. The fourth-order valence-electron chi connectivity index (χ4n) is 15.9. The third-order valence-corrected chi connectivity index (χ3v) is 26.8. The molecule has 15 rings (SSSR count). The molecule has 0 radical (unpaired) electrons. The van der Waals surface area contributed by atoms with Crippen molar-refractivity contribution in [3.8, 4) is 11.1 Å². The third kappa shape index (κ3) is 9.20. The van der Waals surface area contributed by atoms with Gasteiger partial charge in [-0.25, -0.2) is 0 Å². The summed E-state index contributed by atoms with van der Waals surface area (Å²) in [4.78, 5) is 8.34. The van der Waals surface area contributed by atoms with Gasteiger partial charge in [0.25, 0.3) is 6.71 Å². The molecule has 446 valence electrons. The van der Waals surface area contributed by atoms with Crippen molar-refractivity contribution in [1.82, 2.24) is 0 Å². The van der Waals surface area contributed by atoms with Crippen LogP contribution in [0.3, 0.4) is 0 Å². The molecule has 0 N–H and O–H groups in total. The molecule has 4 aliphatic rings. The van der Waals surface area contributed by atoms with E-state index in [2.05, 4.69) is 312 Å². The highest BCUT2D eigenvalue weighted by atomic mass is 32.1. The number of rotatable bonds is 7. The van der Waals surface area contributed by atoms with Crippen molar-refractivity contribution in [3.63, 3.8) is 0 Å². The molecule has 1 saturated carbocycles. The van der Waals surface area contributed by atoms with Gasteiger partial charge in [0.1, 0.15) is 8.80 Å². The summed E-state index contributed by atoms with van der Waals surface area (Å²) >= 11 is 4.04. The predicted molar refractivity (Wildman–Crippen MR) is 393 cm³/mol. The Balaban J connectivity index is 1.04. The van der Waals surface area contributed by atoms with E-state index in [0.29, 0.717) is 0 Å². The molecule has 7 heteroatoms. The summed E-state index contributed by atoms with van der Waals surface area (Å²) in [5.41, 5.74) is 20.7. The molecule has 0 spiro atoms. The fourth-order valence-corrected chi connectivity index (χ4v) is 21.8. The minimum Gasteiger partial charge on any atom is -0.334 e. The van der Waals surface area contributed by atoms with Gasteiger partial charge in [-0.1, -0.05) is 247 Å². The number of fused-ring (bicyclic) bond motifs is 11. The molecule has 11 aromatic rings. The van der Waals surface area contributed by atoms with Crippen molar-refractivity contribution in [3.05, 3.63) is 228 Å². The Morgan fingerprint density at radius 3 is 1.42 bits per heavy atom. The van der Waals surface area contributed by atoms with E-state index in [4.69, 9.17) is 0 Å². The Bertz CT molecular complexity index is 4410. The summed E-state index contributed by atoms with van der Waals surface area (Å²) in [6.07, 6.45) is 4.63. The third-order valence-electron chi connectivity index (χ3n) is 21.2. The first-order chi connectivity index (χ1) is 42.4. The van der Waals surface area contributed by atoms with Crippen molar-refractivity contribution in [1.29, 1.82) is 0 Å². The molecule has 1 fully saturated rings. The molecule has 3 atom stereocenters. The van der Waals surface area contributed by atoms with Crippen molar-refractivity contribution >= 4 is 134 Å². The number of benzene rings is 9. The van der Waals surface area contributed by atoms with E-state index in [1.807, 2.05) is 22.7 Å². The molecule has 5 heterocycles. The number of anilines is 8. The lowest BCUT2D eigenvalue weighted by atomic mass is 9.39. The van der Waals surface area contributed by atoms with E-state index in [1.165, 1.54) is 148 Å². The van der Waals surface area contributed by atoms with Crippen LogP contribution in [-0.2, 0) is 27.1 Å². The second-order valence-electron chi connectivity index (χ2n) is 30.9. The smallest absolute Gasteiger partial charge is 0.277 e. The Labute approximate surface area is 539 Å². The highest BCUT2D eigenvalue weighted by molar-refractivity contribution is 7.40. The molecule has 1 aliphatic carbocycles. The van der Waals surface area contributed by atoms with Crippen LogP contribution in [0.25, 0.3) is 31.3 Å². The topological polar surface area (TPSA) is 9.72 Å². The van der Waals surface area contributed by atoms with Crippen LogP contribution in [0, 0.1) is 0 Å². The zero-order valence-electron chi connectivity index (χ0n) is 54.7. The minimum absolute atomic E-state index is 0.0000914. The molecule has 0 bridgehead atoms. The van der Waals surface area contributed by atoms with Gasteiger partial charge in [-0.05, 0) is 158 Å². The monoisotopic (exact) mass is 1210 g/mol. The Kier molecular flexibility index (Phi) is 13.4.